The second-order valence-corrected chi connectivity index (χ2v) is 6.90. The van der Waals surface area contributed by atoms with Crippen LogP contribution in [-0.2, 0) is 19.6 Å². The maximum absolute atomic E-state index is 12.4. The summed E-state index contributed by atoms with van der Waals surface area (Å²) in [5, 5.41) is 9.85. The summed E-state index contributed by atoms with van der Waals surface area (Å²) in [6.07, 6.45) is 6.29. The van der Waals surface area contributed by atoms with E-state index in [0.29, 0.717) is 25.3 Å². The Morgan fingerprint density at radius 2 is 1.87 bits per heavy atom. The first-order valence-electron chi connectivity index (χ1n) is 9.72. The van der Waals surface area contributed by atoms with Crippen molar-refractivity contribution in [3.8, 4) is 0 Å². The van der Waals surface area contributed by atoms with E-state index < -0.39 is 0 Å². The molecule has 9 nitrogen and oxygen atoms in total. The van der Waals surface area contributed by atoms with Crippen molar-refractivity contribution in [1.82, 2.24) is 29.6 Å². The maximum atomic E-state index is 12.4. The zero-order chi connectivity index (χ0) is 21.5. The summed E-state index contributed by atoms with van der Waals surface area (Å²) >= 11 is 0. The molecule has 4 rings (SSSR count). The number of hydrogen-bond acceptors (Lipinski definition) is 5. The van der Waals surface area contributed by atoms with Crippen molar-refractivity contribution < 1.29 is 4.79 Å². The molecule has 0 spiro atoms. The van der Waals surface area contributed by atoms with Crippen LogP contribution in [0.25, 0.3) is 0 Å². The van der Waals surface area contributed by atoms with E-state index in [9.17, 15) is 9.59 Å². The van der Waals surface area contributed by atoms with E-state index in [2.05, 4.69) is 25.7 Å². The molecule has 9 heteroatoms. The molecule has 156 valence electrons. The van der Waals surface area contributed by atoms with E-state index >= 15 is 0 Å². The van der Waals surface area contributed by atoms with Crippen LogP contribution in [0.1, 0.15) is 16.7 Å². The fourth-order valence-electron chi connectivity index (χ4n) is 3.18. The molecule has 0 aliphatic rings. The molecule has 0 unspecified atom stereocenters. The van der Waals surface area contributed by atoms with Crippen LogP contribution in [0.3, 0.4) is 0 Å². The van der Waals surface area contributed by atoms with Crippen LogP contribution in [0.15, 0.2) is 84.4 Å². The van der Waals surface area contributed by atoms with E-state index in [1.54, 1.807) is 29.3 Å². The highest BCUT2D eigenvalue weighted by atomic mass is 16.2. The SMILES string of the molecule is O=C(NCc1ccccc1Cn1cncn1)Nc1cccc(Cn2cccnc2=O)c1. The van der Waals surface area contributed by atoms with Gasteiger partial charge in [-0.1, -0.05) is 36.4 Å². The lowest BCUT2D eigenvalue weighted by molar-refractivity contribution is 0.251. The number of amides is 2. The van der Waals surface area contributed by atoms with Crippen molar-refractivity contribution in [2.24, 2.45) is 0 Å². The predicted octanol–water partition coefficient (Wildman–Crippen LogP) is 2.25. The van der Waals surface area contributed by atoms with Crippen LogP contribution in [0.2, 0.25) is 0 Å². The van der Waals surface area contributed by atoms with Crippen molar-refractivity contribution in [2.75, 3.05) is 5.32 Å². The van der Waals surface area contributed by atoms with Gasteiger partial charge in [-0.05, 0) is 34.9 Å². The smallest absolute Gasteiger partial charge is 0.334 e. The maximum Gasteiger partial charge on any atom is 0.347 e. The van der Waals surface area contributed by atoms with Crippen molar-refractivity contribution in [3.63, 3.8) is 0 Å². The Hall–Kier alpha value is -4.27. The van der Waals surface area contributed by atoms with Gasteiger partial charge < -0.3 is 10.6 Å². The second-order valence-electron chi connectivity index (χ2n) is 6.90. The number of aromatic nitrogens is 5. The molecule has 0 bridgehead atoms. The average molecular weight is 415 g/mol. The summed E-state index contributed by atoms with van der Waals surface area (Å²) < 4.78 is 3.24. The highest BCUT2D eigenvalue weighted by molar-refractivity contribution is 5.89. The lowest BCUT2D eigenvalue weighted by Gasteiger charge is -2.12. The average Bonchev–Trinajstić information content (AvgIpc) is 3.28. The summed E-state index contributed by atoms with van der Waals surface area (Å²) in [7, 11) is 0. The fraction of sp³-hybridized carbons (Fsp3) is 0.136. The van der Waals surface area contributed by atoms with Gasteiger partial charge in [0.05, 0.1) is 13.1 Å². The molecular weight excluding hydrogens is 394 g/mol. The minimum atomic E-state index is -0.317. The van der Waals surface area contributed by atoms with Gasteiger partial charge in [0.1, 0.15) is 12.7 Å². The molecule has 0 aliphatic carbocycles. The van der Waals surface area contributed by atoms with Gasteiger partial charge >= 0.3 is 11.7 Å². The molecule has 4 aromatic rings. The molecule has 0 fully saturated rings. The zero-order valence-corrected chi connectivity index (χ0v) is 16.7. The molecule has 2 aromatic carbocycles. The number of nitrogens with zero attached hydrogens (tertiary/aromatic N) is 5. The van der Waals surface area contributed by atoms with Crippen LogP contribution in [0, 0.1) is 0 Å². The Balaban J connectivity index is 1.37. The van der Waals surface area contributed by atoms with Gasteiger partial charge in [0.15, 0.2) is 0 Å². The third-order valence-corrected chi connectivity index (χ3v) is 4.68. The van der Waals surface area contributed by atoms with Crippen LogP contribution in [0.5, 0.6) is 0 Å². The molecule has 0 aliphatic heterocycles. The van der Waals surface area contributed by atoms with E-state index in [0.717, 1.165) is 16.7 Å². The van der Waals surface area contributed by atoms with Crippen LogP contribution in [0.4, 0.5) is 10.5 Å². The molecule has 0 radical (unpaired) electrons. The number of urea groups is 1. The molecule has 2 heterocycles. The molecule has 2 aromatic heterocycles. The first kappa shape index (κ1) is 20.0. The van der Waals surface area contributed by atoms with E-state index in [4.69, 9.17) is 0 Å². The van der Waals surface area contributed by atoms with Gasteiger partial charge in [-0.25, -0.2) is 24.2 Å². The third kappa shape index (κ3) is 5.41. The summed E-state index contributed by atoms with van der Waals surface area (Å²) in [5.41, 5.74) is 3.26. The third-order valence-electron chi connectivity index (χ3n) is 4.68. The summed E-state index contributed by atoms with van der Waals surface area (Å²) in [6, 6.07) is 16.6. The molecular formula is C22H21N7O2. The highest BCUT2D eigenvalue weighted by Crippen LogP contribution is 2.13. The number of nitrogens with one attached hydrogen (secondary N) is 2. The first-order valence-corrected chi connectivity index (χ1v) is 9.72. The Kier molecular flexibility index (Phi) is 6.13. The van der Waals surface area contributed by atoms with Crippen LogP contribution < -0.4 is 16.3 Å². The van der Waals surface area contributed by atoms with Crippen molar-refractivity contribution in [2.45, 2.75) is 19.6 Å². The molecule has 31 heavy (non-hydrogen) atoms. The van der Waals surface area contributed by atoms with E-state index in [-0.39, 0.29) is 11.7 Å². The number of carbonyl (C=O) groups excluding carboxylic acids is 1. The number of carbonyl (C=O) groups is 1. The Bertz CT molecular complexity index is 1220. The number of rotatable bonds is 7. The molecule has 0 atom stereocenters. The van der Waals surface area contributed by atoms with Gasteiger partial charge in [-0.15, -0.1) is 0 Å². The molecule has 0 saturated heterocycles. The second kappa shape index (κ2) is 9.49. The number of benzene rings is 2. The van der Waals surface area contributed by atoms with Crippen LogP contribution >= 0.6 is 0 Å². The normalized spacial score (nSPS) is 10.6. The Morgan fingerprint density at radius 1 is 1.00 bits per heavy atom. The first-order chi connectivity index (χ1) is 15.2. The largest absolute Gasteiger partial charge is 0.347 e. The summed E-state index contributed by atoms with van der Waals surface area (Å²) in [6.45, 7) is 1.33. The monoisotopic (exact) mass is 415 g/mol. The summed E-state index contributed by atoms with van der Waals surface area (Å²) in [5.74, 6) is 0. The van der Waals surface area contributed by atoms with E-state index in [1.807, 2.05) is 42.5 Å². The molecule has 2 N–H and O–H groups in total. The Morgan fingerprint density at radius 3 is 2.68 bits per heavy atom. The van der Waals surface area contributed by atoms with Gasteiger partial charge in [0.2, 0.25) is 0 Å². The van der Waals surface area contributed by atoms with Crippen LogP contribution in [-0.4, -0.2) is 30.3 Å². The molecule has 0 saturated carbocycles. The lowest BCUT2D eigenvalue weighted by atomic mass is 10.1. The van der Waals surface area contributed by atoms with Crippen molar-refractivity contribution in [3.05, 3.63) is 107 Å². The standard InChI is InChI=1S/C22H21N7O2/c30-21(25-12-18-6-1-2-7-19(18)14-29-16-23-15-26-29)27-20-8-3-5-17(11-20)13-28-10-4-9-24-22(28)31/h1-11,15-16H,12-14H2,(H2,25,27,30). The quantitative estimate of drug-likeness (QED) is 0.482. The Labute approximate surface area is 178 Å². The van der Waals surface area contributed by atoms with Gasteiger partial charge in [0.25, 0.3) is 0 Å². The zero-order valence-electron chi connectivity index (χ0n) is 16.7. The highest BCUT2D eigenvalue weighted by Gasteiger charge is 2.07. The van der Waals surface area contributed by atoms with Crippen molar-refractivity contribution in [1.29, 1.82) is 0 Å². The summed E-state index contributed by atoms with van der Waals surface area (Å²) in [4.78, 5) is 31.9. The number of anilines is 1. The topological polar surface area (TPSA) is 107 Å². The minimum Gasteiger partial charge on any atom is -0.334 e. The van der Waals surface area contributed by atoms with Gasteiger partial charge in [-0.2, -0.15) is 5.10 Å². The fourth-order valence-corrected chi connectivity index (χ4v) is 3.18. The molecule has 2 amide bonds. The minimum absolute atomic E-state index is 0.314. The van der Waals surface area contributed by atoms with Crippen molar-refractivity contribution >= 4 is 11.7 Å². The number of hydrogen-bond donors (Lipinski definition) is 2. The lowest BCUT2D eigenvalue weighted by Crippen LogP contribution is -2.28. The van der Waals surface area contributed by atoms with Gasteiger partial charge in [-0.3, -0.25) is 4.57 Å². The van der Waals surface area contributed by atoms with E-state index in [1.165, 1.54) is 17.1 Å². The van der Waals surface area contributed by atoms with Gasteiger partial charge in [0, 0.05) is 24.6 Å². The predicted molar refractivity (Wildman–Crippen MR) is 115 cm³/mol.